The summed E-state index contributed by atoms with van der Waals surface area (Å²) in [6.45, 7) is 0. The number of anilines is 1. The van der Waals surface area contributed by atoms with Crippen LogP contribution in [0.2, 0.25) is 0 Å². The predicted octanol–water partition coefficient (Wildman–Crippen LogP) is 5.74. The number of nitrogens with one attached hydrogen (secondary N) is 1. The molecule has 1 aromatic carbocycles. The minimum Gasteiger partial charge on any atom is -0.380 e. The molecule has 19 heavy (non-hydrogen) atoms. The fourth-order valence-corrected chi connectivity index (χ4v) is 3.69. The van der Waals surface area contributed by atoms with Gasteiger partial charge in [-0.05, 0) is 63.3 Å². The molecule has 0 heterocycles. The minimum atomic E-state index is -4.08. The molecule has 106 valence electrons. The van der Waals surface area contributed by atoms with Gasteiger partial charge in [0.25, 0.3) is 0 Å². The van der Waals surface area contributed by atoms with Crippen molar-refractivity contribution in [1.82, 2.24) is 0 Å². The van der Waals surface area contributed by atoms with E-state index in [4.69, 9.17) is 0 Å². The topological polar surface area (TPSA) is 12.0 Å². The van der Waals surface area contributed by atoms with Crippen LogP contribution in [-0.4, -0.2) is 12.2 Å². The number of hydrogen-bond donors (Lipinski definition) is 1. The average molecular weight is 401 g/mol. The molecule has 0 spiro atoms. The molecule has 1 fully saturated rings. The summed E-state index contributed by atoms with van der Waals surface area (Å²) in [5.74, 6) is -1.18. The standard InChI is InChI=1S/C13H14Br2F3N/c14-10-5-2-6-11(15)12(10)19-9-4-1-3-8(7-9)13(16,17)18/h2,5-6,8-9,19H,1,3-4,7H2. The second-order valence-corrected chi connectivity index (χ2v) is 6.55. The molecule has 1 aromatic rings. The van der Waals surface area contributed by atoms with E-state index in [9.17, 15) is 13.2 Å². The van der Waals surface area contributed by atoms with Crippen LogP contribution in [0.15, 0.2) is 27.1 Å². The quantitative estimate of drug-likeness (QED) is 0.666. The van der Waals surface area contributed by atoms with Crippen LogP contribution in [0.3, 0.4) is 0 Å². The van der Waals surface area contributed by atoms with Gasteiger partial charge in [-0.15, -0.1) is 0 Å². The van der Waals surface area contributed by atoms with Gasteiger partial charge in [-0.3, -0.25) is 0 Å². The van der Waals surface area contributed by atoms with E-state index in [0.29, 0.717) is 6.42 Å². The first-order valence-corrected chi connectivity index (χ1v) is 7.74. The molecule has 0 bridgehead atoms. The van der Waals surface area contributed by atoms with Gasteiger partial charge in [-0.1, -0.05) is 12.5 Å². The average Bonchev–Trinajstić information content (AvgIpc) is 2.33. The molecule has 6 heteroatoms. The molecule has 1 nitrogen and oxygen atoms in total. The van der Waals surface area contributed by atoms with Crippen molar-refractivity contribution in [2.45, 2.75) is 37.9 Å². The maximum Gasteiger partial charge on any atom is 0.391 e. The van der Waals surface area contributed by atoms with E-state index in [1.807, 2.05) is 18.2 Å². The van der Waals surface area contributed by atoms with E-state index in [1.165, 1.54) is 0 Å². The van der Waals surface area contributed by atoms with Crippen molar-refractivity contribution in [3.8, 4) is 0 Å². The van der Waals surface area contributed by atoms with Gasteiger partial charge in [0, 0.05) is 15.0 Å². The zero-order valence-electron chi connectivity index (χ0n) is 10.1. The van der Waals surface area contributed by atoms with Crippen LogP contribution in [-0.2, 0) is 0 Å². The van der Waals surface area contributed by atoms with Crippen molar-refractivity contribution < 1.29 is 13.2 Å². The first-order valence-electron chi connectivity index (χ1n) is 6.15. The number of para-hydroxylation sites is 1. The Kier molecular flexibility index (Phi) is 4.82. The summed E-state index contributed by atoms with van der Waals surface area (Å²) in [6, 6.07) is 5.49. The summed E-state index contributed by atoms with van der Waals surface area (Å²) < 4.78 is 40.0. The highest BCUT2D eigenvalue weighted by molar-refractivity contribution is 9.11. The molecule has 0 saturated heterocycles. The van der Waals surface area contributed by atoms with Gasteiger partial charge < -0.3 is 5.32 Å². The minimum absolute atomic E-state index is 0.129. The Morgan fingerprint density at radius 1 is 1.11 bits per heavy atom. The first kappa shape index (κ1) is 15.2. The molecule has 0 amide bonds. The van der Waals surface area contributed by atoms with Crippen LogP contribution in [0.5, 0.6) is 0 Å². The van der Waals surface area contributed by atoms with Crippen LogP contribution in [0.1, 0.15) is 25.7 Å². The van der Waals surface area contributed by atoms with E-state index in [2.05, 4.69) is 37.2 Å². The lowest BCUT2D eigenvalue weighted by Gasteiger charge is -2.32. The number of rotatable bonds is 2. The zero-order valence-corrected chi connectivity index (χ0v) is 13.3. The van der Waals surface area contributed by atoms with Gasteiger partial charge in [-0.25, -0.2) is 0 Å². The molecule has 2 atom stereocenters. The monoisotopic (exact) mass is 399 g/mol. The van der Waals surface area contributed by atoms with Crippen LogP contribution < -0.4 is 5.32 Å². The third-order valence-electron chi connectivity index (χ3n) is 3.45. The van der Waals surface area contributed by atoms with Gasteiger partial charge in [0.05, 0.1) is 11.6 Å². The highest BCUT2D eigenvalue weighted by Crippen LogP contribution is 2.40. The first-order chi connectivity index (χ1) is 8.88. The molecule has 1 N–H and O–H groups in total. The Morgan fingerprint density at radius 2 is 1.74 bits per heavy atom. The Bertz CT molecular complexity index is 428. The number of hydrogen-bond acceptors (Lipinski definition) is 1. The highest BCUT2D eigenvalue weighted by Gasteiger charge is 2.42. The summed E-state index contributed by atoms with van der Waals surface area (Å²) in [6.07, 6.45) is -2.29. The lowest BCUT2D eigenvalue weighted by Crippen LogP contribution is -2.34. The summed E-state index contributed by atoms with van der Waals surface area (Å²) in [7, 11) is 0. The molecule has 1 saturated carbocycles. The summed E-state index contributed by atoms with van der Waals surface area (Å²) in [5, 5.41) is 3.23. The summed E-state index contributed by atoms with van der Waals surface area (Å²) >= 11 is 6.83. The van der Waals surface area contributed by atoms with Gasteiger partial charge in [0.15, 0.2) is 0 Å². The van der Waals surface area contributed by atoms with Crippen LogP contribution >= 0.6 is 31.9 Å². The summed E-state index contributed by atoms with van der Waals surface area (Å²) in [4.78, 5) is 0. The van der Waals surface area contributed by atoms with Crippen molar-refractivity contribution in [3.63, 3.8) is 0 Å². The molecular formula is C13H14Br2F3N. The maximum atomic E-state index is 12.8. The number of alkyl halides is 3. The Labute approximate surface area is 127 Å². The molecule has 1 aliphatic carbocycles. The van der Waals surface area contributed by atoms with Crippen molar-refractivity contribution in [2.75, 3.05) is 5.32 Å². The molecule has 1 aliphatic rings. The zero-order chi connectivity index (χ0) is 14.0. The van der Waals surface area contributed by atoms with Crippen molar-refractivity contribution in [2.24, 2.45) is 5.92 Å². The van der Waals surface area contributed by atoms with E-state index < -0.39 is 12.1 Å². The summed E-state index contributed by atoms with van der Waals surface area (Å²) in [5.41, 5.74) is 0.829. The normalized spacial score (nSPS) is 24.3. The number of halogens is 5. The smallest absolute Gasteiger partial charge is 0.380 e. The van der Waals surface area contributed by atoms with Gasteiger partial charge in [-0.2, -0.15) is 13.2 Å². The van der Waals surface area contributed by atoms with Crippen molar-refractivity contribution in [3.05, 3.63) is 27.1 Å². The SMILES string of the molecule is FC(F)(F)C1CCCC(Nc2c(Br)cccc2Br)C1. The van der Waals surface area contributed by atoms with E-state index in [-0.39, 0.29) is 18.9 Å². The van der Waals surface area contributed by atoms with Crippen LogP contribution in [0, 0.1) is 5.92 Å². The predicted molar refractivity (Wildman–Crippen MR) is 77.3 cm³/mol. The molecule has 2 unspecified atom stereocenters. The third-order valence-corrected chi connectivity index (χ3v) is 4.77. The fourth-order valence-electron chi connectivity index (χ4n) is 2.46. The Hall–Kier alpha value is -0.230. The van der Waals surface area contributed by atoms with Crippen LogP contribution in [0.4, 0.5) is 18.9 Å². The van der Waals surface area contributed by atoms with Gasteiger partial charge >= 0.3 is 6.18 Å². The van der Waals surface area contributed by atoms with Crippen LogP contribution in [0.25, 0.3) is 0 Å². The second-order valence-electron chi connectivity index (χ2n) is 4.84. The number of benzene rings is 1. The molecule has 0 aromatic heterocycles. The molecule has 0 aliphatic heterocycles. The van der Waals surface area contributed by atoms with E-state index in [1.54, 1.807) is 0 Å². The Morgan fingerprint density at radius 3 is 2.32 bits per heavy atom. The largest absolute Gasteiger partial charge is 0.391 e. The molecule has 0 radical (unpaired) electrons. The third kappa shape index (κ3) is 3.88. The second kappa shape index (κ2) is 6.04. The lowest BCUT2D eigenvalue weighted by atomic mass is 9.85. The molecule has 2 rings (SSSR count). The fraction of sp³-hybridized carbons (Fsp3) is 0.538. The maximum absolute atomic E-state index is 12.8. The van der Waals surface area contributed by atoms with Crippen molar-refractivity contribution >= 4 is 37.5 Å². The Balaban J connectivity index is 2.07. The van der Waals surface area contributed by atoms with E-state index >= 15 is 0 Å². The molecular weight excluding hydrogens is 387 g/mol. The lowest BCUT2D eigenvalue weighted by molar-refractivity contribution is -0.182. The van der Waals surface area contributed by atoms with Gasteiger partial charge in [0.1, 0.15) is 0 Å². The van der Waals surface area contributed by atoms with Crippen molar-refractivity contribution in [1.29, 1.82) is 0 Å². The van der Waals surface area contributed by atoms with Gasteiger partial charge in [0.2, 0.25) is 0 Å². The van der Waals surface area contributed by atoms with E-state index in [0.717, 1.165) is 21.1 Å². The highest BCUT2D eigenvalue weighted by atomic mass is 79.9.